The van der Waals surface area contributed by atoms with Gasteiger partial charge in [-0.25, -0.2) is 18.9 Å². The highest BCUT2D eigenvalue weighted by Crippen LogP contribution is 2.28. The number of hydrogen-bond donors (Lipinski definition) is 1. The molecule has 1 atom stereocenters. The van der Waals surface area contributed by atoms with Crippen molar-refractivity contribution in [2.45, 2.75) is 19.6 Å². The van der Waals surface area contributed by atoms with E-state index in [2.05, 4.69) is 25.6 Å². The molecule has 150 valence electrons. The van der Waals surface area contributed by atoms with Crippen LogP contribution >= 0.6 is 0 Å². The van der Waals surface area contributed by atoms with E-state index in [1.54, 1.807) is 6.07 Å². The van der Waals surface area contributed by atoms with Crippen LogP contribution in [0.15, 0.2) is 35.3 Å². The molecule has 1 aliphatic rings. The van der Waals surface area contributed by atoms with E-state index in [4.69, 9.17) is 9.15 Å². The molecule has 1 aliphatic heterocycles. The van der Waals surface area contributed by atoms with Crippen LogP contribution in [0.5, 0.6) is 0 Å². The standard InChI is InChI=1S/C17H16FN7O4/c1-10(26)20-5-12-6-25(17(27)28-12)11-2-3-13(14(18)4-11)16-23-22-15(29-16)7-24-9-19-8-21-24/h2-4,8-9,12H,5-7H2,1H3,(H,20,26)/t12-/m0/s1. The molecule has 2 amide bonds. The van der Waals surface area contributed by atoms with Crippen molar-refractivity contribution in [2.24, 2.45) is 0 Å². The zero-order valence-electron chi connectivity index (χ0n) is 15.3. The van der Waals surface area contributed by atoms with E-state index >= 15 is 0 Å². The normalized spacial score (nSPS) is 16.1. The predicted octanol–water partition coefficient (Wildman–Crippen LogP) is 0.977. The molecule has 0 saturated carbocycles. The number of aromatic nitrogens is 5. The van der Waals surface area contributed by atoms with Gasteiger partial charge in [0.05, 0.1) is 24.3 Å². The maximum Gasteiger partial charge on any atom is 0.414 e. The summed E-state index contributed by atoms with van der Waals surface area (Å²) < 4.78 is 26.8. The average Bonchev–Trinajstić information content (AvgIpc) is 3.42. The summed E-state index contributed by atoms with van der Waals surface area (Å²) in [5.41, 5.74) is 0.428. The van der Waals surface area contributed by atoms with Gasteiger partial charge in [-0.3, -0.25) is 9.69 Å². The topological polar surface area (TPSA) is 128 Å². The molecule has 4 rings (SSSR count). The number of hydrogen-bond acceptors (Lipinski definition) is 8. The van der Waals surface area contributed by atoms with Crippen LogP contribution in [0.2, 0.25) is 0 Å². The van der Waals surface area contributed by atoms with Crippen LogP contribution in [-0.4, -0.2) is 56.2 Å². The molecule has 0 spiro atoms. The Hall–Kier alpha value is -3.83. The Kier molecular flexibility index (Phi) is 4.89. The Balaban J connectivity index is 1.48. The highest BCUT2D eigenvalue weighted by Gasteiger charge is 2.33. The summed E-state index contributed by atoms with van der Waals surface area (Å²) in [5.74, 6) is -0.594. The number of ether oxygens (including phenoxy) is 1. The van der Waals surface area contributed by atoms with Gasteiger partial charge in [-0.15, -0.1) is 10.2 Å². The van der Waals surface area contributed by atoms with Gasteiger partial charge in [0.25, 0.3) is 5.89 Å². The van der Waals surface area contributed by atoms with Crippen LogP contribution in [0.1, 0.15) is 12.8 Å². The Bertz CT molecular complexity index is 1040. The van der Waals surface area contributed by atoms with Crippen molar-refractivity contribution in [1.29, 1.82) is 0 Å². The minimum atomic E-state index is -0.628. The van der Waals surface area contributed by atoms with Crippen molar-refractivity contribution in [3.8, 4) is 11.5 Å². The van der Waals surface area contributed by atoms with E-state index in [1.165, 1.54) is 41.3 Å². The van der Waals surface area contributed by atoms with Crippen molar-refractivity contribution < 1.29 is 23.1 Å². The minimum absolute atomic E-state index is 0.0108. The fourth-order valence-electron chi connectivity index (χ4n) is 2.82. The number of benzene rings is 1. The van der Waals surface area contributed by atoms with Gasteiger partial charge in [-0.2, -0.15) is 5.10 Å². The number of carbonyl (C=O) groups excluding carboxylic acids is 2. The number of cyclic esters (lactones) is 1. The third-order valence-electron chi connectivity index (χ3n) is 4.18. The average molecular weight is 401 g/mol. The fraction of sp³-hybridized carbons (Fsp3) is 0.294. The highest BCUT2D eigenvalue weighted by molar-refractivity contribution is 5.90. The van der Waals surface area contributed by atoms with Crippen molar-refractivity contribution in [2.75, 3.05) is 18.0 Å². The third kappa shape index (κ3) is 4.05. The minimum Gasteiger partial charge on any atom is -0.442 e. The third-order valence-corrected chi connectivity index (χ3v) is 4.18. The fourth-order valence-corrected chi connectivity index (χ4v) is 2.82. The summed E-state index contributed by atoms with van der Waals surface area (Å²) in [5, 5.41) is 14.3. The lowest BCUT2D eigenvalue weighted by molar-refractivity contribution is -0.119. The van der Waals surface area contributed by atoms with Crippen LogP contribution in [-0.2, 0) is 16.1 Å². The van der Waals surface area contributed by atoms with Crippen molar-refractivity contribution in [1.82, 2.24) is 30.3 Å². The van der Waals surface area contributed by atoms with E-state index in [0.29, 0.717) is 5.69 Å². The molecule has 0 aliphatic carbocycles. The van der Waals surface area contributed by atoms with Gasteiger partial charge in [0.1, 0.15) is 31.1 Å². The highest BCUT2D eigenvalue weighted by atomic mass is 19.1. The molecule has 12 heteroatoms. The predicted molar refractivity (Wildman–Crippen MR) is 95.1 cm³/mol. The summed E-state index contributed by atoms with van der Waals surface area (Å²) >= 11 is 0. The Morgan fingerprint density at radius 2 is 2.24 bits per heavy atom. The van der Waals surface area contributed by atoms with Crippen LogP contribution < -0.4 is 10.2 Å². The van der Waals surface area contributed by atoms with Gasteiger partial charge in [0, 0.05) is 6.92 Å². The van der Waals surface area contributed by atoms with Gasteiger partial charge < -0.3 is 14.5 Å². The first-order chi connectivity index (χ1) is 14.0. The number of nitrogens with zero attached hydrogens (tertiary/aromatic N) is 6. The zero-order chi connectivity index (χ0) is 20.4. The summed E-state index contributed by atoms with van der Waals surface area (Å²) in [6, 6.07) is 4.20. The maximum absolute atomic E-state index is 14.7. The number of amides is 2. The van der Waals surface area contributed by atoms with Gasteiger partial charge >= 0.3 is 6.09 Å². The largest absolute Gasteiger partial charge is 0.442 e. The summed E-state index contributed by atoms with van der Waals surface area (Å²) in [6.07, 6.45) is 1.75. The lowest BCUT2D eigenvalue weighted by Crippen LogP contribution is -2.33. The lowest BCUT2D eigenvalue weighted by atomic mass is 10.1. The first kappa shape index (κ1) is 18.5. The van der Waals surface area contributed by atoms with Gasteiger partial charge in [-0.05, 0) is 18.2 Å². The molecule has 11 nitrogen and oxygen atoms in total. The molecule has 1 fully saturated rings. The summed E-state index contributed by atoms with van der Waals surface area (Å²) in [4.78, 5) is 28.2. The number of anilines is 1. The van der Waals surface area contributed by atoms with E-state index in [0.717, 1.165) is 0 Å². The van der Waals surface area contributed by atoms with E-state index in [9.17, 15) is 14.0 Å². The molecule has 1 saturated heterocycles. The number of rotatable bonds is 6. The second-order valence-corrected chi connectivity index (χ2v) is 6.31. The second kappa shape index (κ2) is 7.66. The van der Waals surface area contributed by atoms with Crippen molar-refractivity contribution in [3.63, 3.8) is 0 Å². The molecule has 2 aromatic heterocycles. The molecular formula is C17H16FN7O4. The zero-order valence-corrected chi connectivity index (χ0v) is 15.3. The second-order valence-electron chi connectivity index (χ2n) is 6.31. The maximum atomic E-state index is 14.7. The Morgan fingerprint density at radius 1 is 1.38 bits per heavy atom. The Morgan fingerprint density at radius 3 is 2.97 bits per heavy atom. The molecule has 3 heterocycles. The van der Waals surface area contributed by atoms with Gasteiger partial charge in [0.2, 0.25) is 11.8 Å². The molecule has 1 aromatic carbocycles. The molecule has 1 N–H and O–H groups in total. The molecule has 0 radical (unpaired) electrons. The monoisotopic (exact) mass is 401 g/mol. The first-order valence-electron chi connectivity index (χ1n) is 8.67. The van der Waals surface area contributed by atoms with E-state index < -0.39 is 18.0 Å². The van der Waals surface area contributed by atoms with Crippen LogP contribution in [0, 0.1) is 5.82 Å². The molecule has 29 heavy (non-hydrogen) atoms. The van der Waals surface area contributed by atoms with Gasteiger partial charge in [0.15, 0.2) is 0 Å². The summed E-state index contributed by atoms with van der Waals surface area (Å²) in [6.45, 7) is 1.97. The number of nitrogens with one attached hydrogen (secondary N) is 1. The molecule has 0 bridgehead atoms. The molecular weight excluding hydrogens is 385 g/mol. The number of halogens is 1. The lowest BCUT2D eigenvalue weighted by Gasteiger charge is -2.13. The SMILES string of the molecule is CC(=O)NC[C@H]1CN(c2ccc(-c3nnc(Cn4cncn4)o3)c(F)c2)C(=O)O1. The van der Waals surface area contributed by atoms with Crippen molar-refractivity contribution >= 4 is 17.7 Å². The smallest absolute Gasteiger partial charge is 0.414 e. The number of carbonyl (C=O) groups is 2. The van der Waals surface area contributed by atoms with E-state index in [1.807, 2.05) is 0 Å². The van der Waals surface area contributed by atoms with Crippen LogP contribution in [0.4, 0.5) is 14.9 Å². The quantitative estimate of drug-likeness (QED) is 0.647. The van der Waals surface area contributed by atoms with Crippen LogP contribution in [0.25, 0.3) is 11.5 Å². The van der Waals surface area contributed by atoms with Crippen LogP contribution in [0.3, 0.4) is 0 Å². The van der Waals surface area contributed by atoms with Crippen molar-refractivity contribution in [3.05, 3.63) is 42.6 Å². The molecule has 3 aromatic rings. The Labute approximate surface area is 163 Å². The van der Waals surface area contributed by atoms with E-state index in [-0.39, 0.29) is 42.9 Å². The molecule has 0 unspecified atom stereocenters. The first-order valence-corrected chi connectivity index (χ1v) is 8.67. The summed E-state index contributed by atoms with van der Waals surface area (Å²) in [7, 11) is 0. The van der Waals surface area contributed by atoms with Gasteiger partial charge in [-0.1, -0.05) is 0 Å².